The molecule has 0 saturated carbocycles. The molecule has 7 nitrogen and oxygen atoms in total. The molecule has 0 spiro atoms. The minimum absolute atomic E-state index is 0. The van der Waals surface area contributed by atoms with Crippen LogP contribution in [0, 0.1) is 0 Å². The Kier molecular flexibility index (Phi) is 39.6. The maximum Gasteiger partial charge on any atom is 0.290 e. The zero-order valence-corrected chi connectivity index (χ0v) is 11.3. The minimum Gasteiger partial charge on any atom is -0.483 e. The van der Waals surface area contributed by atoms with Crippen LogP contribution in [0.1, 0.15) is 0 Å². The summed E-state index contributed by atoms with van der Waals surface area (Å²) in [4.78, 5) is 24.3. The molecule has 0 atom stereocenters. The Hall–Kier alpha value is -2.28. The van der Waals surface area contributed by atoms with E-state index < -0.39 is 0 Å². The summed E-state index contributed by atoms with van der Waals surface area (Å²) in [5, 5.41) is 13.8. The SMILES string of the molecule is O.O=CO.O=CO.[Cu].c1ccncc1.c1ccncc1. The van der Waals surface area contributed by atoms with Crippen molar-refractivity contribution in [1.82, 2.24) is 9.97 Å². The summed E-state index contributed by atoms with van der Waals surface area (Å²) in [6.45, 7) is -0.500. The summed E-state index contributed by atoms with van der Waals surface area (Å²) in [5.74, 6) is 0. The molecule has 0 aliphatic heterocycles. The van der Waals surface area contributed by atoms with Gasteiger partial charge in [-0.05, 0) is 24.3 Å². The van der Waals surface area contributed by atoms with Gasteiger partial charge in [-0.1, -0.05) is 12.1 Å². The topological polar surface area (TPSA) is 132 Å². The first-order valence-corrected chi connectivity index (χ1v) is 4.69. The Balaban J connectivity index is -0.0000000874. The van der Waals surface area contributed by atoms with Crippen LogP contribution >= 0.6 is 0 Å². The first-order valence-electron chi connectivity index (χ1n) is 4.69. The second kappa shape index (κ2) is 30.1. The molecule has 0 unspecified atom stereocenters. The van der Waals surface area contributed by atoms with E-state index in [-0.39, 0.29) is 35.5 Å². The van der Waals surface area contributed by atoms with Crippen molar-refractivity contribution in [2.45, 2.75) is 0 Å². The Morgan fingerprint density at radius 2 is 0.850 bits per heavy atom. The summed E-state index contributed by atoms with van der Waals surface area (Å²) < 4.78 is 0. The largest absolute Gasteiger partial charge is 0.483 e. The second-order valence-corrected chi connectivity index (χ2v) is 2.26. The fourth-order valence-electron chi connectivity index (χ4n) is 0.625. The van der Waals surface area contributed by atoms with Gasteiger partial charge in [-0.2, -0.15) is 0 Å². The number of carboxylic acid groups (broad SMARTS) is 2. The molecule has 0 saturated heterocycles. The molecule has 0 bridgehead atoms. The van der Waals surface area contributed by atoms with Crippen molar-refractivity contribution in [2.75, 3.05) is 0 Å². The van der Waals surface area contributed by atoms with Crippen LogP contribution in [0.5, 0.6) is 0 Å². The normalized spacial score (nSPS) is 6.00. The molecular weight excluding hydrogens is 316 g/mol. The summed E-state index contributed by atoms with van der Waals surface area (Å²) in [6, 6.07) is 11.4. The fraction of sp³-hybridized carbons (Fsp3) is 0. The van der Waals surface area contributed by atoms with Crippen molar-refractivity contribution < 1.29 is 42.3 Å². The molecule has 0 aromatic carbocycles. The van der Waals surface area contributed by atoms with Crippen LogP contribution < -0.4 is 0 Å². The minimum atomic E-state index is -0.250. The van der Waals surface area contributed by atoms with E-state index in [0.29, 0.717) is 0 Å². The summed E-state index contributed by atoms with van der Waals surface area (Å²) in [6.07, 6.45) is 7.00. The molecule has 115 valence electrons. The zero-order chi connectivity index (χ0) is 13.9. The van der Waals surface area contributed by atoms with E-state index >= 15 is 0 Å². The Morgan fingerprint density at radius 3 is 0.900 bits per heavy atom. The molecule has 0 fully saturated rings. The fourth-order valence-corrected chi connectivity index (χ4v) is 0.625. The zero-order valence-electron chi connectivity index (χ0n) is 10.3. The molecule has 0 amide bonds. The first-order chi connectivity index (χ1) is 8.83. The van der Waals surface area contributed by atoms with Gasteiger partial charge in [-0.3, -0.25) is 19.6 Å². The number of nitrogens with zero attached hydrogens (tertiary/aromatic N) is 2. The van der Waals surface area contributed by atoms with E-state index in [1.807, 2.05) is 36.4 Å². The van der Waals surface area contributed by atoms with Crippen molar-refractivity contribution in [3.05, 3.63) is 61.2 Å². The van der Waals surface area contributed by atoms with Crippen LogP contribution in [-0.2, 0) is 26.7 Å². The van der Waals surface area contributed by atoms with Crippen molar-refractivity contribution in [3.8, 4) is 0 Å². The maximum atomic E-state index is 8.36. The third-order valence-corrected chi connectivity index (χ3v) is 1.13. The van der Waals surface area contributed by atoms with Crippen LogP contribution in [0.3, 0.4) is 0 Å². The number of hydrogen-bond acceptors (Lipinski definition) is 4. The number of carbonyl (C=O) groups is 2. The molecule has 2 rings (SSSR count). The van der Waals surface area contributed by atoms with Gasteiger partial charge in [0, 0.05) is 41.9 Å². The predicted octanol–water partition coefficient (Wildman–Crippen LogP) is 0.738. The molecule has 2 heterocycles. The Bertz CT molecular complexity index is 274. The van der Waals surface area contributed by atoms with E-state index in [1.54, 1.807) is 24.8 Å². The average Bonchev–Trinajstić information content (AvgIpc) is 2.45. The number of rotatable bonds is 0. The van der Waals surface area contributed by atoms with Gasteiger partial charge >= 0.3 is 0 Å². The van der Waals surface area contributed by atoms with Gasteiger partial charge in [0.15, 0.2) is 0 Å². The molecule has 0 aliphatic rings. The summed E-state index contributed by atoms with van der Waals surface area (Å²) >= 11 is 0. The molecule has 20 heavy (non-hydrogen) atoms. The van der Waals surface area contributed by atoms with Gasteiger partial charge < -0.3 is 15.7 Å². The van der Waals surface area contributed by atoms with E-state index in [0.717, 1.165) is 0 Å². The molecule has 2 aromatic heterocycles. The quantitative estimate of drug-likeness (QED) is 0.540. The van der Waals surface area contributed by atoms with E-state index in [9.17, 15) is 0 Å². The van der Waals surface area contributed by atoms with Gasteiger partial charge in [-0.15, -0.1) is 0 Å². The van der Waals surface area contributed by atoms with Crippen LogP contribution in [-0.4, -0.2) is 38.6 Å². The van der Waals surface area contributed by atoms with Crippen LogP contribution in [0.4, 0.5) is 0 Å². The van der Waals surface area contributed by atoms with E-state index in [4.69, 9.17) is 19.8 Å². The number of pyridine rings is 2. The third kappa shape index (κ3) is 36.1. The molecule has 4 N–H and O–H groups in total. The Morgan fingerprint density at radius 1 is 0.650 bits per heavy atom. The average molecular weight is 332 g/mol. The van der Waals surface area contributed by atoms with Gasteiger partial charge in [0.2, 0.25) is 0 Å². The van der Waals surface area contributed by atoms with E-state index in [1.165, 1.54) is 0 Å². The predicted molar refractivity (Wildman–Crippen MR) is 69.5 cm³/mol. The van der Waals surface area contributed by atoms with Gasteiger partial charge in [-0.25, -0.2) is 0 Å². The summed E-state index contributed by atoms with van der Waals surface area (Å²) in [5.41, 5.74) is 0. The van der Waals surface area contributed by atoms with E-state index in [2.05, 4.69) is 9.97 Å². The van der Waals surface area contributed by atoms with Crippen LogP contribution in [0.15, 0.2) is 61.2 Å². The Labute approximate surface area is 127 Å². The van der Waals surface area contributed by atoms with Crippen molar-refractivity contribution in [1.29, 1.82) is 0 Å². The smallest absolute Gasteiger partial charge is 0.290 e. The van der Waals surface area contributed by atoms with Gasteiger partial charge in [0.05, 0.1) is 0 Å². The molecule has 8 heteroatoms. The van der Waals surface area contributed by atoms with Crippen molar-refractivity contribution in [2.24, 2.45) is 0 Å². The molecule has 0 aliphatic carbocycles. The molecule has 1 radical (unpaired) electrons. The van der Waals surface area contributed by atoms with Crippen LogP contribution in [0.25, 0.3) is 0 Å². The van der Waals surface area contributed by atoms with Crippen LogP contribution in [0.2, 0.25) is 0 Å². The van der Waals surface area contributed by atoms with Gasteiger partial charge in [0.1, 0.15) is 0 Å². The third-order valence-electron chi connectivity index (χ3n) is 1.13. The maximum absolute atomic E-state index is 8.36. The molecular formula is C12H16CuN2O5. The van der Waals surface area contributed by atoms with Crippen molar-refractivity contribution >= 4 is 12.9 Å². The number of hydrogen-bond donors (Lipinski definition) is 2. The monoisotopic (exact) mass is 331 g/mol. The summed E-state index contributed by atoms with van der Waals surface area (Å²) in [7, 11) is 0. The standard InChI is InChI=1S/2C5H5N.2CH2O2.Cu.H2O/c2*1-2-4-6-5-3-1;2*2-1-3;;/h2*1-5H;2*1H,(H,2,3);;1H2. The van der Waals surface area contributed by atoms with Gasteiger partial charge in [0.25, 0.3) is 12.9 Å². The first kappa shape index (κ1) is 26.3. The van der Waals surface area contributed by atoms with Crippen molar-refractivity contribution in [3.63, 3.8) is 0 Å². The number of aromatic nitrogens is 2. The molecule has 2 aromatic rings. The second-order valence-electron chi connectivity index (χ2n) is 2.26.